The van der Waals surface area contributed by atoms with Gasteiger partial charge in [-0.25, -0.2) is 9.67 Å². The molecule has 3 aromatic rings. The van der Waals surface area contributed by atoms with Gasteiger partial charge in [-0.3, -0.25) is 9.69 Å². The standard InChI is InChI=1S/C24H29N5O/c1-18(19-11-13-21(14-12-19)29-17-25-16-26-29)27(2)15-24(30)28(3)23-10-6-8-20-7-4-5-9-22(20)23/h4-5,7,9,11-14,16-18,23H,6,8,10,15H2,1-3H3. The van der Waals surface area contributed by atoms with Crippen LogP contribution in [0.1, 0.15) is 48.5 Å². The highest BCUT2D eigenvalue weighted by Gasteiger charge is 2.27. The Bertz CT molecular complexity index is 983. The van der Waals surface area contributed by atoms with Gasteiger partial charge in [0.05, 0.1) is 18.3 Å². The Labute approximate surface area is 178 Å². The van der Waals surface area contributed by atoms with Crippen molar-refractivity contribution in [2.75, 3.05) is 20.6 Å². The van der Waals surface area contributed by atoms with E-state index in [1.165, 1.54) is 23.0 Å². The highest BCUT2D eigenvalue weighted by Crippen LogP contribution is 2.33. The van der Waals surface area contributed by atoms with Crippen LogP contribution in [0.4, 0.5) is 0 Å². The number of fused-ring (bicyclic) bond motifs is 1. The Morgan fingerprint density at radius 1 is 1.17 bits per heavy atom. The van der Waals surface area contributed by atoms with E-state index in [1.807, 2.05) is 31.1 Å². The van der Waals surface area contributed by atoms with E-state index in [0.29, 0.717) is 6.54 Å². The van der Waals surface area contributed by atoms with Gasteiger partial charge in [-0.1, -0.05) is 36.4 Å². The van der Waals surface area contributed by atoms with Gasteiger partial charge in [0.15, 0.2) is 0 Å². The zero-order chi connectivity index (χ0) is 21.1. The zero-order valence-corrected chi connectivity index (χ0v) is 17.9. The molecule has 0 fully saturated rings. The van der Waals surface area contributed by atoms with Crippen LogP contribution in [0.25, 0.3) is 5.69 Å². The fourth-order valence-corrected chi connectivity index (χ4v) is 4.27. The van der Waals surface area contributed by atoms with E-state index in [0.717, 1.165) is 24.9 Å². The molecule has 1 aromatic heterocycles. The minimum atomic E-state index is 0.130. The summed E-state index contributed by atoms with van der Waals surface area (Å²) < 4.78 is 1.73. The number of carbonyl (C=O) groups is 1. The number of aryl methyl sites for hydroxylation is 1. The van der Waals surface area contributed by atoms with E-state index in [-0.39, 0.29) is 18.0 Å². The zero-order valence-electron chi connectivity index (χ0n) is 17.9. The molecular weight excluding hydrogens is 374 g/mol. The van der Waals surface area contributed by atoms with Crippen LogP contribution in [0, 0.1) is 0 Å². The Morgan fingerprint density at radius 2 is 1.93 bits per heavy atom. The lowest BCUT2D eigenvalue weighted by molar-refractivity contribution is -0.133. The van der Waals surface area contributed by atoms with Crippen molar-refractivity contribution in [2.24, 2.45) is 0 Å². The van der Waals surface area contributed by atoms with Crippen molar-refractivity contribution in [2.45, 2.75) is 38.3 Å². The first kappa shape index (κ1) is 20.3. The van der Waals surface area contributed by atoms with E-state index in [9.17, 15) is 4.79 Å². The number of rotatable bonds is 6. The number of likely N-dealkylation sites (N-methyl/N-ethyl adjacent to an activating group) is 2. The molecule has 0 aliphatic heterocycles. The second kappa shape index (κ2) is 8.79. The fourth-order valence-electron chi connectivity index (χ4n) is 4.27. The first-order valence-corrected chi connectivity index (χ1v) is 10.5. The number of hydrogen-bond acceptors (Lipinski definition) is 4. The van der Waals surface area contributed by atoms with Gasteiger partial charge < -0.3 is 4.90 Å². The summed E-state index contributed by atoms with van der Waals surface area (Å²) in [5.41, 5.74) is 4.82. The normalized spacial score (nSPS) is 16.9. The molecule has 6 nitrogen and oxygen atoms in total. The summed E-state index contributed by atoms with van der Waals surface area (Å²) in [6.45, 7) is 2.52. The minimum absolute atomic E-state index is 0.130. The molecule has 0 saturated heterocycles. The second-order valence-corrected chi connectivity index (χ2v) is 8.13. The lowest BCUT2D eigenvalue weighted by atomic mass is 9.87. The molecule has 1 amide bonds. The lowest BCUT2D eigenvalue weighted by Gasteiger charge is -2.35. The molecule has 2 unspecified atom stereocenters. The highest BCUT2D eigenvalue weighted by molar-refractivity contribution is 5.78. The molecule has 0 bridgehead atoms. The summed E-state index contributed by atoms with van der Waals surface area (Å²) in [6.07, 6.45) is 6.47. The average Bonchev–Trinajstić information content (AvgIpc) is 3.32. The Hall–Kier alpha value is -2.99. The monoisotopic (exact) mass is 403 g/mol. The third-order valence-corrected chi connectivity index (χ3v) is 6.30. The van der Waals surface area contributed by atoms with Gasteiger partial charge in [0, 0.05) is 13.1 Å². The molecular formula is C24H29N5O. The van der Waals surface area contributed by atoms with Crippen LogP contribution < -0.4 is 0 Å². The van der Waals surface area contributed by atoms with Crippen molar-refractivity contribution >= 4 is 5.91 Å². The fraction of sp³-hybridized carbons (Fsp3) is 0.375. The van der Waals surface area contributed by atoms with Crippen LogP contribution >= 0.6 is 0 Å². The molecule has 6 heteroatoms. The number of carbonyl (C=O) groups excluding carboxylic acids is 1. The third kappa shape index (κ3) is 4.14. The molecule has 0 radical (unpaired) electrons. The van der Waals surface area contributed by atoms with Crippen LogP contribution in [0.2, 0.25) is 0 Å². The molecule has 0 saturated carbocycles. The molecule has 156 valence electrons. The van der Waals surface area contributed by atoms with Gasteiger partial charge in [0.25, 0.3) is 0 Å². The summed E-state index contributed by atoms with van der Waals surface area (Å²) in [5, 5.41) is 4.16. The average molecular weight is 404 g/mol. The molecule has 4 rings (SSSR count). The second-order valence-electron chi connectivity index (χ2n) is 8.13. The van der Waals surface area contributed by atoms with Gasteiger partial charge in [-0.05, 0) is 62.1 Å². The molecule has 1 aliphatic rings. The largest absolute Gasteiger partial charge is 0.338 e. The molecule has 2 aromatic carbocycles. The number of benzene rings is 2. The summed E-state index contributed by atoms with van der Waals surface area (Å²) >= 11 is 0. The van der Waals surface area contributed by atoms with Crippen molar-refractivity contribution in [3.05, 3.63) is 77.9 Å². The maximum absolute atomic E-state index is 13.1. The van der Waals surface area contributed by atoms with Crippen molar-refractivity contribution in [1.82, 2.24) is 24.6 Å². The van der Waals surface area contributed by atoms with Gasteiger partial charge in [-0.15, -0.1) is 0 Å². The topological polar surface area (TPSA) is 54.3 Å². The van der Waals surface area contributed by atoms with E-state index in [1.54, 1.807) is 11.0 Å². The van der Waals surface area contributed by atoms with Crippen LogP contribution in [0.5, 0.6) is 0 Å². The Kier molecular flexibility index (Phi) is 5.95. The van der Waals surface area contributed by atoms with Crippen LogP contribution in [0.3, 0.4) is 0 Å². The predicted molar refractivity (Wildman–Crippen MR) is 117 cm³/mol. The number of nitrogens with zero attached hydrogens (tertiary/aromatic N) is 5. The van der Waals surface area contributed by atoms with E-state index in [2.05, 4.69) is 58.3 Å². The van der Waals surface area contributed by atoms with Crippen molar-refractivity contribution in [1.29, 1.82) is 0 Å². The third-order valence-electron chi connectivity index (χ3n) is 6.30. The first-order valence-electron chi connectivity index (χ1n) is 10.5. The van der Waals surface area contributed by atoms with E-state index < -0.39 is 0 Å². The highest BCUT2D eigenvalue weighted by atomic mass is 16.2. The van der Waals surface area contributed by atoms with Gasteiger partial charge in [0.2, 0.25) is 5.91 Å². The van der Waals surface area contributed by atoms with Gasteiger partial charge in [-0.2, -0.15) is 5.10 Å². The van der Waals surface area contributed by atoms with E-state index >= 15 is 0 Å². The lowest BCUT2D eigenvalue weighted by Crippen LogP contribution is -2.40. The maximum Gasteiger partial charge on any atom is 0.237 e. The first-order chi connectivity index (χ1) is 14.5. The Balaban J connectivity index is 1.40. The van der Waals surface area contributed by atoms with Gasteiger partial charge >= 0.3 is 0 Å². The maximum atomic E-state index is 13.1. The smallest absolute Gasteiger partial charge is 0.237 e. The van der Waals surface area contributed by atoms with Crippen LogP contribution in [0.15, 0.2) is 61.2 Å². The summed E-state index contributed by atoms with van der Waals surface area (Å²) in [7, 11) is 3.96. The molecule has 1 aliphatic carbocycles. The minimum Gasteiger partial charge on any atom is -0.338 e. The number of amides is 1. The van der Waals surface area contributed by atoms with Gasteiger partial charge in [0.1, 0.15) is 12.7 Å². The van der Waals surface area contributed by atoms with Crippen molar-refractivity contribution < 1.29 is 4.79 Å². The summed E-state index contributed by atoms with van der Waals surface area (Å²) in [6, 6.07) is 17.1. The predicted octanol–water partition coefficient (Wildman–Crippen LogP) is 3.80. The molecule has 1 heterocycles. The Morgan fingerprint density at radius 3 is 2.67 bits per heavy atom. The van der Waals surface area contributed by atoms with Crippen LogP contribution in [-0.2, 0) is 11.2 Å². The molecule has 0 spiro atoms. The molecule has 30 heavy (non-hydrogen) atoms. The molecule has 2 atom stereocenters. The number of aromatic nitrogens is 3. The SMILES string of the molecule is CC(c1ccc(-n2cncn2)cc1)N(C)CC(=O)N(C)C1CCCc2ccccc21. The molecule has 0 N–H and O–H groups in total. The van der Waals surface area contributed by atoms with Crippen molar-refractivity contribution in [3.8, 4) is 5.69 Å². The van der Waals surface area contributed by atoms with E-state index in [4.69, 9.17) is 0 Å². The summed E-state index contributed by atoms with van der Waals surface area (Å²) in [5.74, 6) is 0.158. The summed E-state index contributed by atoms with van der Waals surface area (Å²) in [4.78, 5) is 21.1. The quantitative estimate of drug-likeness (QED) is 0.628. The van der Waals surface area contributed by atoms with Crippen LogP contribution in [-0.4, -0.2) is 51.1 Å². The number of hydrogen-bond donors (Lipinski definition) is 0. The van der Waals surface area contributed by atoms with Crippen molar-refractivity contribution in [3.63, 3.8) is 0 Å².